The number of aromatic amines is 1. The fourth-order valence-corrected chi connectivity index (χ4v) is 3.50. The summed E-state index contributed by atoms with van der Waals surface area (Å²) in [6, 6.07) is 11.2. The van der Waals surface area contributed by atoms with Gasteiger partial charge in [0.25, 0.3) is 5.56 Å². The predicted octanol–water partition coefficient (Wildman–Crippen LogP) is 4.29. The minimum absolute atomic E-state index is 0.132. The molecule has 1 fully saturated rings. The zero-order chi connectivity index (χ0) is 18.5. The molecule has 1 aliphatic carbocycles. The van der Waals surface area contributed by atoms with Gasteiger partial charge in [-0.05, 0) is 57.4 Å². The van der Waals surface area contributed by atoms with Gasteiger partial charge in [0.2, 0.25) is 0 Å². The van der Waals surface area contributed by atoms with Crippen molar-refractivity contribution in [1.82, 2.24) is 14.8 Å². The van der Waals surface area contributed by atoms with Gasteiger partial charge < -0.3 is 4.98 Å². The van der Waals surface area contributed by atoms with Gasteiger partial charge in [-0.15, -0.1) is 0 Å². The zero-order valence-electron chi connectivity index (χ0n) is 15.3. The van der Waals surface area contributed by atoms with E-state index in [1.165, 1.54) is 6.42 Å². The lowest BCUT2D eigenvalue weighted by Crippen LogP contribution is -2.25. The molecule has 1 aliphatic rings. The third-order valence-electron chi connectivity index (χ3n) is 5.17. The van der Waals surface area contributed by atoms with E-state index in [1.807, 2.05) is 22.9 Å². The van der Waals surface area contributed by atoms with Crippen LogP contribution in [-0.2, 0) is 5.54 Å². The summed E-state index contributed by atoms with van der Waals surface area (Å²) >= 11 is 0. The highest BCUT2D eigenvalue weighted by molar-refractivity contribution is 5.84. The smallest absolute Gasteiger partial charge is 0.257 e. The number of nitrogens with one attached hydrogen (secondary N) is 1. The fraction of sp³-hybridized carbons (Fsp3) is 0.381. The van der Waals surface area contributed by atoms with Crippen molar-refractivity contribution in [1.29, 1.82) is 5.26 Å². The monoisotopic (exact) mass is 346 g/mol. The van der Waals surface area contributed by atoms with Crippen molar-refractivity contribution in [2.45, 2.75) is 51.5 Å². The molecule has 0 aliphatic heterocycles. The maximum Gasteiger partial charge on any atom is 0.257 e. The molecule has 2 aromatic heterocycles. The molecule has 1 aromatic carbocycles. The lowest BCUT2D eigenvalue weighted by Gasteiger charge is -2.24. The summed E-state index contributed by atoms with van der Waals surface area (Å²) in [5, 5.41) is 14.9. The number of nitriles is 1. The third kappa shape index (κ3) is 2.62. The van der Waals surface area contributed by atoms with Crippen LogP contribution in [0.3, 0.4) is 0 Å². The number of hydrogen-bond donors (Lipinski definition) is 1. The summed E-state index contributed by atoms with van der Waals surface area (Å²) < 4.78 is 1.94. The highest BCUT2D eigenvalue weighted by Crippen LogP contribution is 2.40. The second-order valence-corrected chi connectivity index (χ2v) is 8.06. The molecule has 1 N–H and O–H groups in total. The van der Waals surface area contributed by atoms with E-state index >= 15 is 0 Å². The van der Waals surface area contributed by atoms with Crippen molar-refractivity contribution in [2.24, 2.45) is 0 Å². The van der Waals surface area contributed by atoms with Gasteiger partial charge in [0.05, 0.1) is 22.9 Å². The molecule has 1 saturated carbocycles. The quantitative estimate of drug-likeness (QED) is 0.752. The lowest BCUT2D eigenvalue weighted by atomic mass is 9.82. The summed E-state index contributed by atoms with van der Waals surface area (Å²) in [6.45, 7) is 6.28. The molecule has 0 spiro atoms. The Balaban J connectivity index is 1.95. The Kier molecular flexibility index (Phi) is 3.73. The molecule has 4 rings (SSSR count). The molecule has 0 unspecified atom stereocenters. The molecule has 5 nitrogen and oxygen atoms in total. The Hall–Kier alpha value is -2.87. The van der Waals surface area contributed by atoms with Gasteiger partial charge in [-0.25, -0.2) is 4.68 Å². The van der Waals surface area contributed by atoms with Crippen LogP contribution in [0, 0.1) is 11.3 Å². The minimum atomic E-state index is -0.209. The summed E-state index contributed by atoms with van der Waals surface area (Å²) in [5.41, 5.74) is 3.56. The lowest BCUT2D eigenvalue weighted by molar-refractivity contribution is 0.349. The van der Waals surface area contributed by atoms with Gasteiger partial charge in [0.1, 0.15) is 5.65 Å². The van der Waals surface area contributed by atoms with Crippen LogP contribution >= 0.6 is 0 Å². The van der Waals surface area contributed by atoms with E-state index in [2.05, 4.69) is 31.8 Å². The van der Waals surface area contributed by atoms with Crippen LogP contribution in [0.5, 0.6) is 0 Å². The van der Waals surface area contributed by atoms with E-state index in [9.17, 15) is 4.79 Å². The number of rotatable bonds is 2. The topological polar surface area (TPSA) is 74.5 Å². The highest BCUT2D eigenvalue weighted by atomic mass is 16.1. The van der Waals surface area contributed by atoms with Gasteiger partial charge in [-0.1, -0.05) is 18.6 Å². The number of aromatic nitrogens is 3. The first-order valence-electron chi connectivity index (χ1n) is 9.05. The number of nitrogens with zero attached hydrogens (tertiary/aromatic N) is 3. The van der Waals surface area contributed by atoms with Crippen LogP contribution in [0.2, 0.25) is 0 Å². The Morgan fingerprint density at radius 3 is 2.46 bits per heavy atom. The largest absolute Gasteiger partial charge is 0.306 e. The van der Waals surface area contributed by atoms with Crippen molar-refractivity contribution >= 4 is 11.0 Å². The Morgan fingerprint density at radius 1 is 1.23 bits per heavy atom. The first-order valence-corrected chi connectivity index (χ1v) is 9.05. The number of benzene rings is 1. The summed E-state index contributed by atoms with van der Waals surface area (Å²) in [5.74, 6) is 0.473. The van der Waals surface area contributed by atoms with E-state index < -0.39 is 0 Å². The average Bonchev–Trinajstić information content (AvgIpc) is 2.91. The van der Waals surface area contributed by atoms with Gasteiger partial charge in [-0.3, -0.25) is 4.79 Å². The molecule has 0 bridgehead atoms. The third-order valence-corrected chi connectivity index (χ3v) is 5.17. The summed E-state index contributed by atoms with van der Waals surface area (Å²) in [6.07, 6.45) is 3.55. The zero-order valence-corrected chi connectivity index (χ0v) is 15.3. The van der Waals surface area contributed by atoms with E-state index in [1.54, 1.807) is 12.1 Å². The van der Waals surface area contributed by atoms with Crippen molar-refractivity contribution in [3.8, 4) is 17.2 Å². The fourth-order valence-electron chi connectivity index (χ4n) is 3.50. The minimum Gasteiger partial charge on any atom is -0.306 e. The van der Waals surface area contributed by atoms with Crippen LogP contribution in [0.25, 0.3) is 22.2 Å². The molecule has 0 atom stereocenters. The first kappa shape index (κ1) is 16.6. The average molecular weight is 346 g/mol. The van der Waals surface area contributed by atoms with Crippen LogP contribution < -0.4 is 5.56 Å². The maximum atomic E-state index is 12.8. The maximum absolute atomic E-state index is 12.8. The molecule has 0 amide bonds. The SMILES string of the molecule is CC(C)(C)n1nc(C2CCC2)c2cc(-c3ccc(C#N)cc3)c(=O)[nH]c21. The molecule has 0 radical (unpaired) electrons. The van der Waals surface area contributed by atoms with Crippen molar-refractivity contribution < 1.29 is 0 Å². The van der Waals surface area contributed by atoms with E-state index in [4.69, 9.17) is 10.4 Å². The molecule has 3 aromatic rings. The van der Waals surface area contributed by atoms with Gasteiger partial charge >= 0.3 is 0 Å². The van der Waals surface area contributed by atoms with Gasteiger partial charge in [-0.2, -0.15) is 10.4 Å². The Bertz CT molecular complexity index is 1070. The highest BCUT2D eigenvalue weighted by Gasteiger charge is 2.29. The van der Waals surface area contributed by atoms with Crippen LogP contribution in [-0.4, -0.2) is 14.8 Å². The first-order chi connectivity index (χ1) is 12.4. The van der Waals surface area contributed by atoms with Gasteiger partial charge in [0.15, 0.2) is 0 Å². The Morgan fingerprint density at radius 2 is 1.92 bits per heavy atom. The molecule has 2 heterocycles. The predicted molar refractivity (Wildman–Crippen MR) is 102 cm³/mol. The standard InChI is InChI=1S/C21H22N4O/c1-21(2,3)25-19-17(18(24-25)15-5-4-6-15)11-16(20(26)23-19)14-9-7-13(12-22)8-10-14/h7-11,15H,4-6H2,1-3H3,(H,23,26). The number of pyridine rings is 1. The van der Waals surface area contributed by atoms with E-state index in [-0.39, 0.29) is 11.1 Å². The second-order valence-electron chi connectivity index (χ2n) is 8.06. The van der Waals surface area contributed by atoms with Crippen molar-refractivity contribution in [3.63, 3.8) is 0 Å². The van der Waals surface area contributed by atoms with E-state index in [0.29, 0.717) is 17.0 Å². The summed E-state index contributed by atoms with van der Waals surface area (Å²) in [7, 11) is 0. The van der Waals surface area contributed by atoms with Gasteiger partial charge in [0, 0.05) is 16.9 Å². The number of H-pyrrole nitrogens is 1. The molecule has 0 saturated heterocycles. The molecule has 5 heteroatoms. The molecule has 26 heavy (non-hydrogen) atoms. The molecular formula is C21H22N4O. The summed E-state index contributed by atoms with van der Waals surface area (Å²) in [4.78, 5) is 15.8. The molecular weight excluding hydrogens is 324 g/mol. The van der Waals surface area contributed by atoms with E-state index in [0.717, 1.165) is 35.1 Å². The van der Waals surface area contributed by atoms with Crippen LogP contribution in [0.1, 0.15) is 57.2 Å². The van der Waals surface area contributed by atoms with Crippen LogP contribution in [0.4, 0.5) is 0 Å². The van der Waals surface area contributed by atoms with Crippen molar-refractivity contribution in [2.75, 3.05) is 0 Å². The number of hydrogen-bond acceptors (Lipinski definition) is 3. The second kappa shape index (κ2) is 5.84. The molecule has 132 valence electrons. The normalized spacial score (nSPS) is 15.0. The van der Waals surface area contributed by atoms with Crippen molar-refractivity contribution in [3.05, 3.63) is 51.9 Å². The van der Waals surface area contributed by atoms with Crippen LogP contribution in [0.15, 0.2) is 35.1 Å². The number of fused-ring (bicyclic) bond motifs is 1. The Labute approximate surface area is 152 Å².